The SMILES string of the molecule is Nc1c(NC(=O)CCl)sc2ccccc12. The molecule has 0 saturated heterocycles. The number of hydrogen-bond donors (Lipinski definition) is 2. The highest BCUT2D eigenvalue weighted by atomic mass is 35.5. The van der Waals surface area contributed by atoms with Crippen molar-refractivity contribution in [3.8, 4) is 0 Å². The number of alkyl halides is 1. The maximum Gasteiger partial charge on any atom is 0.239 e. The van der Waals surface area contributed by atoms with E-state index in [4.69, 9.17) is 17.3 Å². The number of fused-ring (bicyclic) bond motifs is 1. The summed E-state index contributed by atoms with van der Waals surface area (Å²) in [5.41, 5.74) is 6.50. The molecule has 3 N–H and O–H groups in total. The topological polar surface area (TPSA) is 55.1 Å². The van der Waals surface area contributed by atoms with Crippen molar-refractivity contribution >= 4 is 49.6 Å². The quantitative estimate of drug-likeness (QED) is 0.793. The van der Waals surface area contributed by atoms with E-state index in [1.54, 1.807) is 0 Å². The van der Waals surface area contributed by atoms with Crippen molar-refractivity contribution in [2.75, 3.05) is 16.9 Å². The third-order valence-corrected chi connectivity index (χ3v) is 3.35. The van der Waals surface area contributed by atoms with Crippen molar-refractivity contribution in [2.45, 2.75) is 0 Å². The molecule has 0 aliphatic carbocycles. The Balaban J connectivity index is 2.44. The molecular formula is C10H9ClN2OS. The van der Waals surface area contributed by atoms with E-state index >= 15 is 0 Å². The molecule has 5 heteroatoms. The fourth-order valence-electron chi connectivity index (χ4n) is 1.32. The van der Waals surface area contributed by atoms with Crippen LogP contribution in [0.2, 0.25) is 0 Å². The van der Waals surface area contributed by atoms with Crippen molar-refractivity contribution in [1.29, 1.82) is 0 Å². The molecule has 1 aromatic heterocycles. The fourth-order valence-corrected chi connectivity index (χ4v) is 2.42. The van der Waals surface area contributed by atoms with Crippen LogP contribution in [0, 0.1) is 0 Å². The van der Waals surface area contributed by atoms with Crippen LogP contribution < -0.4 is 11.1 Å². The second-order valence-electron chi connectivity index (χ2n) is 3.02. The summed E-state index contributed by atoms with van der Waals surface area (Å²) in [6.45, 7) is 0. The van der Waals surface area contributed by atoms with Gasteiger partial charge in [0.2, 0.25) is 5.91 Å². The normalized spacial score (nSPS) is 10.5. The lowest BCUT2D eigenvalue weighted by Gasteiger charge is -1.99. The van der Waals surface area contributed by atoms with E-state index in [1.807, 2.05) is 24.3 Å². The average molecular weight is 241 g/mol. The highest BCUT2D eigenvalue weighted by Gasteiger charge is 2.10. The van der Waals surface area contributed by atoms with Gasteiger partial charge in [-0.25, -0.2) is 0 Å². The van der Waals surface area contributed by atoms with E-state index in [9.17, 15) is 4.79 Å². The summed E-state index contributed by atoms with van der Waals surface area (Å²) in [5, 5.41) is 4.31. The van der Waals surface area contributed by atoms with Crippen LogP contribution in [0.4, 0.5) is 10.7 Å². The van der Waals surface area contributed by atoms with E-state index in [0.717, 1.165) is 10.1 Å². The van der Waals surface area contributed by atoms with Gasteiger partial charge in [-0.3, -0.25) is 4.79 Å². The highest BCUT2D eigenvalue weighted by Crippen LogP contribution is 2.37. The zero-order valence-electron chi connectivity index (χ0n) is 7.79. The third kappa shape index (κ3) is 1.91. The Morgan fingerprint density at radius 3 is 2.87 bits per heavy atom. The Kier molecular flexibility index (Phi) is 2.79. The number of halogens is 1. The first kappa shape index (κ1) is 10.3. The van der Waals surface area contributed by atoms with E-state index in [-0.39, 0.29) is 11.8 Å². The lowest BCUT2D eigenvalue weighted by atomic mass is 10.2. The van der Waals surface area contributed by atoms with Crippen molar-refractivity contribution in [3.05, 3.63) is 24.3 Å². The number of carbonyl (C=O) groups is 1. The standard InChI is InChI=1S/C10H9ClN2OS/c11-5-8(14)13-10-9(12)6-3-1-2-4-7(6)15-10/h1-4H,5,12H2,(H,13,14). The predicted octanol–water partition coefficient (Wildman–Crippen LogP) is 2.66. The summed E-state index contributed by atoms with van der Waals surface area (Å²) >= 11 is 6.86. The van der Waals surface area contributed by atoms with E-state index in [1.165, 1.54) is 11.3 Å². The second kappa shape index (κ2) is 4.08. The number of thiophene rings is 1. The van der Waals surface area contributed by atoms with Gasteiger partial charge in [0.25, 0.3) is 0 Å². The van der Waals surface area contributed by atoms with E-state index in [2.05, 4.69) is 5.32 Å². The maximum absolute atomic E-state index is 11.1. The van der Waals surface area contributed by atoms with E-state index in [0.29, 0.717) is 10.7 Å². The first-order valence-corrected chi connectivity index (χ1v) is 5.70. The molecule has 2 aromatic rings. The van der Waals surface area contributed by atoms with Crippen LogP contribution >= 0.6 is 22.9 Å². The van der Waals surface area contributed by atoms with Gasteiger partial charge < -0.3 is 11.1 Å². The van der Waals surface area contributed by atoms with Gasteiger partial charge in [0.05, 0.1) is 5.69 Å². The Morgan fingerprint density at radius 2 is 2.20 bits per heavy atom. The molecule has 0 bridgehead atoms. The highest BCUT2D eigenvalue weighted by molar-refractivity contribution is 7.23. The molecule has 15 heavy (non-hydrogen) atoms. The van der Waals surface area contributed by atoms with Crippen LogP contribution in [0.15, 0.2) is 24.3 Å². The monoisotopic (exact) mass is 240 g/mol. The maximum atomic E-state index is 11.1. The second-order valence-corrected chi connectivity index (χ2v) is 4.34. The zero-order valence-corrected chi connectivity index (χ0v) is 9.36. The van der Waals surface area contributed by atoms with Crippen molar-refractivity contribution in [3.63, 3.8) is 0 Å². The van der Waals surface area contributed by atoms with Crippen LogP contribution in [0.3, 0.4) is 0 Å². The Labute approximate surface area is 95.8 Å². The van der Waals surface area contributed by atoms with Gasteiger partial charge in [-0.1, -0.05) is 18.2 Å². The van der Waals surface area contributed by atoms with Crippen molar-refractivity contribution in [2.24, 2.45) is 0 Å². The number of nitrogens with one attached hydrogen (secondary N) is 1. The molecular weight excluding hydrogens is 232 g/mol. The predicted molar refractivity (Wildman–Crippen MR) is 65.6 cm³/mol. The first-order valence-electron chi connectivity index (χ1n) is 4.35. The third-order valence-electron chi connectivity index (χ3n) is 2.01. The molecule has 0 unspecified atom stereocenters. The molecule has 0 aliphatic rings. The smallest absolute Gasteiger partial charge is 0.239 e. The molecule has 0 spiro atoms. The summed E-state index contributed by atoms with van der Waals surface area (Å²) in [5.74, 6) is -0.303. The molecule has 0 aliphatic heterocycles. The first-order chi connectivity index (χ1) is 7.22. The molecule has 1 aromatic carbocycles. The Morgan fingerprint density at radius 1 is 1.47 bits per heavy atom. The van der Waals surface area contributed by atoms with Crippen molar-refractivity contribution in [1.82, 2.24) is 0 Å². The number of anilines is 2. The molecule has 0 radical (unpaired) electrons. The minimum Gasteiger partial charge on any atom is -0.396 e. The Bertz CT molecular complexity index is 509. The molecule has 1 heterocycles. The number of carbonyl (C=O) groups excluding carboxylic acids is 1. The number of benzene rings is 1. The zero-order chi connectivity index (χ0) is 10.8. The lowest BCUT2D eigenvalue weighted by molar-refractivity contribution is -0.113. The van der Waals surface area contributed by atoms with E-state index < -0.39 is 0 Å². The van der Waals surface area contributed by atoms with Gasteiger partial charge >= 0.3 is 0 Å². The van der Waals surface area contributed by atoms with Gasteiger partial charge in [-0.05, 0) is 6.07 Å². The summed E-state index contributed by atoms with van der Waals surface area (Å²) in [4.78, 5) is 11.1. The summed E-state index contributed by atoms with van der Waals surface area (Å²) in [6, 6.07) is 7.74. The summed E-state index contributed by atoms with van der Waals surface area (Å²) in [7, 11) is 0. The van der Waals surface area contributed by atoms with Crippen LogP contribution in [0.1, 0.15) is 0 Å². The van der Waals surface area contributed by atoms with Crippen LogP contribution in [0.5, 0.6) is 0 Å². The van der Waals surface area contributed by atoms with Crippen LogP contribution in [0.25, 0.3) is 10.1 Å². The van der Waals surface area contributed by atoms with Gasteiger partial charge in [0.1, 0.15) is 10.9 Å². The average Bonchev–Trinajstić information content (AvgIpc) is 2.57. The molecule has 0 saturated carbocycles. The number of nitrogens with two attached hydrogens (primary N) is 1. The number of amides is 1. The van der Waals surface area contributed by atoms with Gasteiger partial charge in [-0.2, -0.15) is 0 Å². The van der Waals surface area contributed by atoms with Gasteiger partial charge in [0.15, 0.2) is 0 Å². The number of rotatable bonds is 2. The lowest BCUT2D eigenvalue weighted by Crippen LogP contribution is -2.12. The molecule has 78 valence electrons. The molecule has 0 atom stereocenters. The summed E-state index contributed by atoms with van der Waals surface area (Å²) in [6.07, 6.45) is 0. The van der Waals surface area contributed by atoms with Crippen LogP contribution in [-0.4, -0.2) is 11.8 Å². The number of nitrogen functional groups attached to an aromatic ring is 1. The molecule has 0 fully saturated rings. The van der Waals surface area contributed by atoms with Crippen LogP contribution in [-0.2, 0) is 4.79 Å². The fraction of sp³-hybridized carbons (Fsp3) is 0.100. The largest absolute Gasteiger partial charge is 0.396 e. The van der Waals surface area contributed by atoms with Gasteiger partial charge in [-0.15, -0.1) is 22.9 Å². The minimum atomic E-state index is -0.241. The Hall–Kier alpha value is -1.26. The molecule has 2 rings (SSSR count). The summed E-state index contributed by atoms with van der Waals surface area (Å²) < 4.78 is 1.06. The number of hydrogen-bond acceptors (Lipinski definition) is 3. The molecule has 3 nitrogen and oxygen atoms in total. The molecule has 1 amide bonds. The van der Waals surface area contributed by atoms with Gasteiger partial charge in [0, 0.05) is 10.1 Å². The van der Waals surface area contributed by atoms with Crippen molar-refractivity contribution < 1.29 is 4.79 Å². The minimum absolute atomic E-state index is 0.0618.